The summed E-state index contributed by atoms with van der Waals surface area (Å²) in [5.74, 6) is 2.38. The van der Waals surface area contributed by atoms with Crippen LogP contribution in [0, 0.1) is 6.92 Å². The largest absolute Gasteiger partial charge is 0.497 e. The first kappa shape index (κ1) is 23.1. The van der Waals surface area contributed by atoms with Gasteiger partial charge in [0.15, 0.2) is 5.96 Å². The fourth-order valence-electron chi connectivity index (χ4n) is 2.74. The van der Waals surface area contributed by atoms with Crippen LogP contribution in [0.2, 0.25) is 0 Å². The molecule has 0 spiro atoms. The first-order chi connectivity index (χ1) is 12.6. The van der Waals surface area contributed by atoms with Gasteiger partial charge in [0.05, 0.1) is 20.3 Å². The number of guanidine groups is 1. The minimum absolute atomic E-state index is 0. The van der Waals surface area contributed by atoms with E-state index in [9.17, 15) is 0 Å². The predicted octanol–water partition coefficient (Wildman–Crippen LogP) is 4.10. The van der Waals surface area contributed by atoms with Crippen molar-refractivity contribution in [3.05, 3.63) is 59.2 Å². The van der Waals surface area contributed by atoms with E-state index >= 15 is 0 Å². The van der Waals surface area contributed by atoms with Crippen molar-refractivity contribution in [3.63, 3.8) is 0 Å². The zero-order valence-electron chi connectivity index (χ0n) is 16.7. The number of hydrogen-bond donors (Lipinski definition) is 2. The highest BCUT2D eigenvalue weighted by atomic mass is 127. The van der Waals surface area contributed by atoms with Crippen molar-refractivity contribution >= 4 is 29.9 Å². The van der Waals surface area contributed by atoms with E-state index in [1.165, 1.54) is 11.1 Å². The Hall–Kier alpha value is -1.96. The number of benzene rings is 2. The molecule has 2 rings (SSSR count). The highest BCUT2D eigenvalue weighted by Crippen LogP contribution is 2.29. The lowest BCUT2D eigenvalue weighted by Gasteiger charge is -2.21. The Kier molecular flexibility index (Phi) is 9.99. The summed E-state index contributed by atoms with van der Waals surface area (Å²) >= 11 is 0. The number of aryl methyl sites for hydroxylation is 1. The third-order valence-electron chi connectivity index (χ3n) is 4.31. The van der Waals surface area contributed by atoms with Gasteiger partial charge in [-0.3, -0.25) is 4.99 Å². The third kappa shape index (κ3) is 6.93. The predicted molar refractivity (Wildman–Crippen MR) is 123 cm³/mol. The second-order valence-electron chi connectivity index (χ2n) is 6.21. The lowest BCUT2D eigenvalue weighted by atomic mass is 10.1. The molecule has 5 nitrogen and oxygen atoms in total. The number of nitrogens with one attached hydrogen (secondary N) is 2. The van der Waals surface area contributed by atoms with Gasteiger partial charge in [0.2, 0.25) is 0 Å². The number of ether oxygens (including phenoxy) is 2. The second-order valence-corrected chi connectivity index (χ2v) is 6.21. The van der Waals surface area contributed by atoms with Crippen LogP contribution in [0.4, 0.5) is 0 Å². The molecule has 0 saturated heterocycles. The number of rotatable bonds is 7. The van der Waals surface area contributed by atoms with Crippen LogP contribution < -0.4 is 20.1 Å². The van der Waals surface area contributed by atoms with Gasteiger partial charge in [0.1, 0.15) is 11.5 Å². The number of hydrogen-bond acceptors (Lipinski definition) is 3. The molecule has 6 heteroatoms. The van der Waals surface area contributed by atoms with E-state index in [1.54, 1.807) is 21.3 Å². The summed E-state index contributed by atoms with van der Waals surface area (Å²) in [5.41, 5.74) is 3.61. The standard InChI is InChI=1S/C21H29N3O2.HI/c1-15-6-8-17(9-7-15)12-13-23-21(22-3)24-16(2)19-14-18(25-4)10-11-20(19)26-5;/h6-11,14,16H,12-13H2,1-5H3,(H2,22,23,24);1H. The van der Waals surface area contributed by atoms with Crippen LogP contribution in [-0.4, -0.2) is 33.8 Å². The van der Waals surface area contributed by atoms with Crippen molar-refractivity contribution < 1.29 is 9.47 Å². The maximum Gasteiger partial charge on any atom is 0.191 e. The van der Waals surface area contributed by atoms with Crippen LogP contribution in [0.15, 0.2) is 47.5 Å². The number of halogens is 1. The fraction of sp³-hybridized carbons (Fsp3) is 0.381. The summed E-state index contributed by atoms with van der Waals surface area (Å²) in [6.45, 7) is 4.98. The normalized spacial score (nSPS) is 12.0. The third-order valence-corrected chi connectivity index (χ3v) is 4.31. The molecule has 0 aromatic heterocycles. The Morgan fingerprint density at radius 1 is 1.07 bits per heavy atom. The van der Waals surface area contributed by atoms with Crippen molar-refractivity contribution in [2.24, 2.45) is 4.99 Å². The van der Waals surface area contributed by atoms with Gasteiger partial charge in [-0.25, -0.2) is 0 Å². The van der Waals surface area contributed by atoms with Gasteiger partial charge in [-0.15, -0.1) is 24.0 Å². The summed E-state index contributed by atoms with van der Waals surface area (Å²) in [6, 6.07) is 14.4. The molecule has 1 unspecified atom stereocenters. The smallest absolute Gasteiger partial charge is 0.191 e. The van der Waals surface area contributed by atoms with E-state index in [1.807, 2.05) is 18.2 Å². The summed E-state index contributed by atoms with van der Waals surface area (Å²) in [5, 5.41) is 6.77. The summed E-state index contributed by atoms with van der Waals surface area (Å²) < 4.78 is 10.8. The lowest BCUT2D eigenvalue weighted by molar-refractivity contribution is 0.394. The molecule has 27 heavy (non-hydrogen) atoms. The maximum atomic E-state index is 5.47. The SMILES string of the molecule is CN=C(NCCc1ccc(C)cc1)NC(C)c1cc(OC)ccc1OC.I. The Balaban J connectivity index is 0.00000364. The fourth-order valence-corrected chi connectivity index (χ4v) is 2.74. The van der Waals surface area contributed by atoms with Crippen molar-refractivity contribution in [1.82, 2.24) is 10.6 Å². The number of methoxy groups -OCH3 is 2. The van der Waals surface area contributed by atoms with E-state index in [-0.39, 0.29) is 30.0 Å². The molecule has 2 aromatic carbocycles. The molecule has 0 fully saturated rings. The molecule has 148 valence electrons. The molecule has 0 heterocycles. The van der Waals surface area contributed by atoms with Crippen LogP contribution in [0.3, 0.4) is 0 Å². The Morgan fingerprint density at radius 3 is 2.37 bits per heavy atom. The molecule has 2 aromatic rings. The highest BCUT2D eigenvalue weighted by Gasteiger charge is 2.14. The zero-order chi connectivity index (χ0) is 18.9. The average molecular weight is 483 g/mol. The van der Waals surface area contributed by atoms with Crippen LogP contribution in [0.25, 0.3) is 0 Å². The minimum atomic E-state index is 0. The van der Waals surface area contributed by atoms with Crippen molar-refractivity contribution in [3.8, 4) is 11.5 Å². The monoisotopic (exact) mass is 483 g/mol. The molecule has 2 N–H and O–H groups in total. The Labute approximate surface area is 179 Å². The molecule has 0 amide bonds. The molecule has 0 bridgehead atoms. The quantitative estimate of drug-likeness (QED) is 0.354. The van der Waals surface area contributed by atoms with Crippen molar-refractivity contribution in [2.45, 2.75) is 26.3 Å². The van der Waals surface area contributed by atoms with Crippen molar-refractivity contribution in [1.29, 1.82) is 0 Å². The Morgan fingerprint density at radius 2 is 1.78 bits per heavy atom. The van der Waals surface area contributed by atoms with E-state index in [0.717, 1.165) is 36.0 Å². The molecule has 1 atom stereocenters. The summed E-state index contributed by atoms with van der Waals surface area (Å²) in [6.07, 6.45) is 0.942. The maximum absolute atomic E-state index is 5.47. The van der Waals surface area contributed by atoms with Gasteiger partial charge in [-0.2, -0.15) is 0 Å². The van der Waals surface area contributed by atoms with E-state index in [0.29, 0.717) is 0 Å². The van der Waals surface area contributed by atoms with E-state index in [2.05, 4.69) is 53.7 Å². The molecule has 0 saturated carbocycles. The Bertz CT molecular complexity index is 733. The summed E-state index contributed by atoms with van der Waals surface area (Å²) in [4.78, 5) is 4.32. The molecule has 0 aliphatic heterocycles. The van der Waals surface area contributed by atoms with Crippen LogP contribution in [0.5, 0.6) is 11.5 Å². The lowest BCUT2D eigenvalue weighted by Crippen LogP contribution is -2.39. The van der Waals surface area contributed by atoms with Gasteiger partial charge < -0.3 is 20.1 Å². The van der Waals surface area contributed by atoms with E-state index < -0.39 is 0 Å². The van der Waals surface area contributed by atoms with Crippen molar-refractivity contribution in [2.75, 3.05) is 27.8 Å². The molecule has 0 aliphatic rings. The first-order valence-corrected chi connectivity index (χ1v) is 8.82. The van der Waals surface area contributed by atoms with E-state index in [4.69, 9.17) is 9.47 Å². The topological polar surface area (TPSA) is 54.9 Å². The van der Waals surface area contributed by atoms with Gasteiger partial charge in [0.25, 0.3) is 0 Å². The van der Waals surface area contributed by atoms with Crippen LogP contribution in [-0.2, 0) is 6.42 Å². The second kappa shape index (κ2) is 11.7. The molecular weight excluding hydrogens is 453 g/mol. The van der Waals surface area contributed by atoms with Gasteiger partial charge >= 0.3 is 0 Å². The van der Waals surface area contributed by atoms with Crippen LogP contribution >= 0.6 is 24.0 Å². The van der Waals surface area contributed by atoms with Gasteiger partial charge in [0, 0.05) is 19.2 Å². The summed E-state index contributed by atoms with van der Waals surface area (Å²) in [7, 11) is 5.11. The minimum Gasteiger partial charge on any atom is -0.497 e. The molecule has 0 aliphatic carbocycles. The zero-order valence-corrected chi connectivity index (χ0v) is 19.0. The van der Waals surface area contributed by atoms with Crippen LogP contribution in [0.1, 0.15) is 29.7 Å². The van der Waals surface area contributed by atoms with Gasteiger partial charge in [-0.05, 0) is 44.0 Å². The highest BCUT2D eigenvalue weighted by molar-refractivity contribution is 14.0. The number of nitrogens with zero attached hydrogens (tertiary/aromatic N) is 1. The average Bonchev–Trinajstić information content (AvgIpc) is 2.67. The molecular formula is C21H30IN3O2. The molecule has 0 radical (unpaired) electrons. The number of aliphatic imine (C=N–C) groups is 1. The van der Waals surface area contributed by atoms with Gasteiger partial charge in [-0.1, -0.05) is 29.8 Å². The first-order valence-electron chi connectivity index (χ1n) is 8.82.